The summed E-state index contributed by atoms with van der Waals surface area (Å²) in [6.07, 6.45) is 0.869. The Hall–Kier alpha value is -3.13. The summed E-state index contributed by atoms with van der Waals surface area (Å²) in [5.41, 5.74) is 2.17. The number of ether oxygens (including phenoxy) is 1. The van der Waals surface area contributed by atoms with Gasteiger partial charge in [-0.25, -0.2) is 0 Å². The normalized spacial score (nSPS) is 11.0. The van der Waals surface area contributed by atoms with E-state index in [-0.39, 0.29) is 0 Å². The Labute approximate surface area is 173 Å². The molecule has 0 aliphatic rings. The van der Waals surface area contributed by atoms with Crippen LogP contribution in [-0.2, 0) is 18.7 Å². The van der Waals surface area contributed by atoms with Gasteiger partial charge in [0.05, 0.1) is 18.4 Å². The van der Waals surface area contributed by atoms with Crippen LogP contribution in [0.1, 0.15) is 17.3 Å². The molecule has 0 bridgehead atoms. The van der Waals surface area contributed by atoms with Crippen molar-refractivity contribution in [3.8, 4) is 17.1 Å². The van der Waals surface area contributed by atoms with Gasteiger partial charge in [-0.05, 0) is 24.1 Å². The minimum atomic E-state index is 0.538. The van der Waals surface area contributed by atoms with Crippen molar-refractivity contribution in [2.24, 2.45) is 0 Å². The average molecular weight is 407 g/mol. The van der Waals surface area contributed by atoms with Crippen molar-refractivity contribution in [1.82, 2.24) is 25.0 Å². The molecule has 0 fully saturated rings. The standard InChI is InChI=1S/C21H21N5O2S/c1-15-22-23-19(28-15)14-29-21-25-24-20(17-10-6-7-11-18(17)27-2)26(21)13-12-16-8-4-3-5-9-16/h3-11H,12-14H2,1-2H3. The van der Waals surface area contributed by atoms with Crippen molar-refractivity contribution in [3.63, 3.8) is 0 Å². The fourth-order valence-corrected chi connectivity index (χ4v) is 3.83. The van der Waals surface area contributed by atoms with Gasteiger partial charge in [0, 0.05) is 13.5 Å². The highest BCUT2D eigenvalue weighted by Gasteiger charge is 2.18. The van der Waals surface area contributed by atoms with Crippen LogP contribution >= 0.6 is 11.8 Å². The van der Waals surface area contributed by atoms with Crippen LogP contribution < -0.4 is 4.74 Å². The fourth-order valence-electron chi connectivity index (χ4n) is 3.03. The Kier molecular flexibility index (Phi) is 5.90. The van der Waals surface area contributed by atoms with Crippen molar-refractivity contribution < 1.29 is 9.15 Å². The zero-order chi connectivity index (χ0) is 20.1. The summed E-state index contributed by atoms with van der Waals surface area (Å²) in [7, 11) is 1.66. The molecule has 2 heterocycles. The molecule has 0 aliphatic carbocycles. The number of aromatic nitrogens is 5. The van der Waals surface area contributed by atoms with Gasteiger partial charge in [-0.3, -0.25) is 0 Å². The minimum absolute atomic E-state index is 0.538. The van der Waals surface area contributed by atoms with Gasteiger partial charge in [0.1, 0.15) is 5.75 Å². The van der Waals surface area contributed by atoms with Gasteiger partial charge in [-0.1, -0.05) is 54.2 Å². The number of benzene rings is 2. The van der Waals surface area contributed by atoms with Crippen LogP contribution in [0.2, 0.25) is 0 Å². The summed E-state index contributed by atoms with van der Waals surface area (Å²) in [5.74, 6) is 3.22. The van der Waals surface area contributed by atoms with E-state index >= 15 is 0 Å². The lowest BCUT2D eigenvalue weighted by Gasteiger charge is -2.12. The summed E-state index contributed by atoms with van der Waals surface area (Å²) in [6, 6.07) is 18.2. The molecule has 0 unspecified atom stereocenters. The van der Waals surface area contributed by atoms with Crippen molar-refractivity contribution in [2.75, 3.05) is 7.11 Å². The van der Waals surface area contributed by atoms with E-state index in [9.17, 15) is 0 Å². The first kappa shape index (κ1) is 19.2. The summed E-state index contributed by atoms with van der Waals surface area (Å²) in [6.45, 7) is 2.53. The molecule has 0 atom stereocenters. The van der Waals surface area contributed by atoms with Crippen LogP contribution in [0.5, 0.6) is 5.75 Å². The second-order valence-corrected chi connectivity index (χ2v) is 7.34. The zero-order valence-electron chi connectivity index (χ0n) is 16.3. The third-order valence-electron chi connectivity index (χ3n) is 4.42. The summed E-state index contributed by atoms with van der Waals surface area (Å²) in [5, 5.41) is 17.7. The maximum absolute atomic E-state index is 5.54. The highest BCUT2D eigenvalue weighted by Crippen LogP contribution is 2.31. The third-order valence-corrected chi connectivity index (χ3v) is 5.38. The molecule has 0 N–H and O–H groups in total. The monoisotopic (exact) mass is 407 g/mol. The van der Waals surface area contributed by atoms with Gasteiger partial charge in [0.2, 0.25) is 11.8 Å². The Bertz CT molecular complexity index is 1080. The number of thioether (sulfide) groups is 1. The molecule has 7 nitrogen and oxygen atoms in total. The maximum atomic E-state index is 5.54. The van der Waals surface area contributed by atoms with Gasteiger partial charge in [0.25, 0.3) is 0 Å². The lowest BCUT2D eigenvalue weighted by atomic mass is 10.1. The molecule has 4 rings (SSSR count). The Balaban J connectivity index is 1.64. The van der Waals surface area contributed by atoms with Crippen LogP contribution in [0.25, 0.3) is 11.4 Å². The van der Waals surface area contributed by atoms with Gasteiger partial charge in [-0.15, -0.1) is 20.4 Å². The van der Waals surface area contributed by atoms with E-state index in [1.54, 1.807) is 14.0 Å². The largest absolute Gasteiger partial charge is 0.496 e. The lowest BCUT2D eigenvalue weighted by Crippen LogP contribution is -2.06. The number of hydrogen-bond donors (Lipinski definition) is 0. The van der Waals surface area contributed by atoms with Gasteiger partial charge in [-0.2, -0.15) is 0 Å². The quantitative estimate of drug-likeness (QED) is 0.405. The topological polar surface area (TPSA) is 78.9 Å². The van der Waals surface area contributed by atoms with E-state index in [1.165, 1.54) is 17.3 Å². The first-order valence-corrected chi connectivity index (χ1v) is 10.3. The molecule has 8 heteroatoms. The molecule has 4 aromatic rings. The molecule has 0 aliphatic heterocycles. The number of para-hydroxylation sites is 1. The molecule has 0 saturated carbocycles. The SMILES string of the molecule is COc1ccccc1-c1nnc(SCc2nnc(C)o2)n1CCc1ccccc1. The van der Waals surface area contributed by atoms with E-state index in [0.29, 0.717) is 17.5 Å². The predicted octanol–water partition coefficient (Wildman–Crippen LogP) is 4.18. The molecule has 0 saturated heterocycles. The van der Waals surface area contributed by atoms with Crippen LogP contribution in [0, 0.1) is 6.92 Å². The molecular formula is C21H21N5O2S. The molecule has 2 aromatic carbocycles. The van der Waals surface area contributed by atoms with Crippen molar-refractivity contribution in [3.05, 3.63) is 71.9 Å². The smallest absolute Gasteiger partial charge is 0.226 e. The predicted molar refractivity (Wildman–Crippen MR) is 111 cm³/mol. The minimum Gasteiger partial charge on any atom is -0.496 e. The van der Waals surface area contributed by atoms with E-state index < -0.39 is 0 Å². The average Bonchev–Trinajstić information content (AvgIpc) is 3.37. The van der Waals surface area contributed by atoms with Crippen LogP contribution in [0.4, 0.5) is 0 Å². The summed E-state index contributed by atoms with van der Waals surface area (Å²) < 4.78 is 13.1. The number of aryl methyl sites for hydroxylation is 2. The molecule has 29 heavy (non-hydrogen) atoms. The van der Waals surface area contributed by atoms with Gasteiger partial charge in [0.15, 0.2) is 11.0 Å². The zero-order valence-corrected chi connectivity index (χ0v) is 17.1. The molecule has 2 aromatic heterocycles. The number of nitrogens with zero attached hydrogens (tertiary/aromatic N) is 5. The highest BCUT2D eigenvalue weighted by molar-refractivity contribution is 7.98. The van der Waals surface area contributed by atoms with Gasteiger partial charge >= 0.3 is 0 Å². The molecule has 0 spiro atoms. The Morgan fingerprint density at radius 1 is 0.966 bits per heavy atom. The molecule has 0 amide bonds. The first-order valence-electron chi connectivity index (χ1n) is 9.27. The lowest BCUT2D eigenvalue weighted by molar-refractivity contribution is 0.415. The Morgan fingerprint density at radius 3 is 2.52 bits per heavy atom. The number of hydrogen-bond acceptors (Lipinski definition) is 7. The fraction of sp³-hybridized carbons (Fsp3) is 0.238. The van der Waals surface area contributed by atoms with E-state index in [2.05, 4.69) is 49.2 Å². The molecule has 0 radical (unpaired) electrons. The molecule has 148 valence electrons. The van der Waals surface area contributed by atoms with E-state index in [1.807, 2.05) is 30.3 Å². The maximum Gasteiger partial charge on any atom is 0.226 e. The third kappa shape index (κ3) is 4.48. The second kappa shape index (κ2) is 8.91. The van der Waals surface area contributed by atoms with Gasteiger partial charge < -0.3 is 13.7 Å². The first-order chi connectivity index (χ1) is 14.2. The molecular weight excluding hydrogens is 386 g/mol. The van der Waals surface area contributed by atoms with Crippen LogP contribution in [0.3, 0.4) is 0 Å². The van der Waals surface area contributed by atoms with E-state index in [0.717, 1.165) is 35.3 Å². The number of rotatable bonds is 8. The van der Waals surface area contributed by atoms with Crippen molar-refractivity contribution in [1.29, 1.82) is 0 Å². The second-order valence-electron chi connectivity index (χ2n) is 6.40. The van der Waals surface area contributed by atoms with Crippen molar-refractivity contribution >= 4 is 11.8 Å². The van der Waals surface area contributed by atoms with Crippen LogP contribution in [-0.4, -0.2) is 32.1 Å². The van der Waals surface area contributed by atoms with E-state index in [4.69, 9.17) is 9.15 Å². The summed E-state index contributed by atoms with van der Waals surface area (Å²) >= 11 is 1.53. The van der Waals surface area contributed by atoms with Crippen molar-refractivity contribution in [2.45, 2.75) is 30.8 Å². The Morgan fingerprint density at radius 2 is 1.76 bits per heavy atom. The summed E-state index contributed by atoms with van der Waals surface area (Å²) in [4.78, 5) is 0. The highest BCUT2D eigenvalue weighted by atomic mass is 32.2. The van der Waals surface area contributed by atoms with Crippen LogP contribution in [0.15, 0.2) is 64.2 Å². The number of methoxy groups -OCH3 is 1.